The first-order valence-corrected chi connectivity index (χ1v) is 12.9. The lowest BCUT2D eigenvalue weighted by molar-refractivity contribution is -0.384. The molecule has 0 atom stereocenters. The molecule has 0 aliphatic rings. The SMILES string of the molecule is Cc1ccc(C)c(Cc2nc(COC(=O)Oc3ccc([N+](=O)[O-])cc3)nn2-c2ccc(S(N)(=O)=O)cc2F)c1. The van der Waals surface area contributed by atoms with Gasteiger partial charge in [0.05, 0.1) is 9.82 Å². The summed E-state index contributed by atoms with van der Waals surface area (Å²) in [7, 11) is -4.13. The second kappa shape index (κ2) is 11.0. The van der Waals surface area contributed by atoms with Crippen molar-refractivity contribution in [2.24, 2.45) is 5.14 Å². The summed E-state index contributed by atoms with van der Waals surface area (Å²) in [4.78, 5) is 26.3. The lowest BCUT2D eigenvalue weighted by atomic mass is 10.0. The largest absolute Gasteiger partial charge is 0.514 e. The van der Waals surface area contributed by atoms with Crippen molar-refractivity contribution in [3.05, 3.63) is 105 Å². The fourth-order valence-electron chi connectivity index (χ4n) is 3.64. The van der Waals surface area contributed by atoms with Crippen LogP contribution in [0.3, 0.4) is 0 Å². The Balaban J connectivity index is 1.60. The molecule has 0 saturated carbocycles. The Labute approximate surface area is 222 Å². The lowest BCUT2D eigenvalue weighted by Crippen LogP contribution is -2.13. The Hall–Kier alpha value is -4.69. The van der Waals surface area contributed by atoms with Gasteiger partial charge in [-0.2, -0.15) is 0 Å². The van der Waals surface area contributed by atoms with Gasteiger partial charge in [0.15, 0.2) is 12.4 Å². The van der Waals surface area contributed by atoms with Crippen LogP contribution >= 0.6 is 0 Å². The van der Waals surface area contributed by atoms with Crippen LogP contribution in [0.15, 0.2) is 65.6 Å². The summed E-state index contributed by atoms with van der Waals surface area (Å²) in [6, 6.07) is 13.8. The van der Waals surface area contributed by atoms with Crippen molar-refractivity contribution in [2.45, 2.75) is 31.8 Å². The molecule has 2 N–H and O–H groups in total. The number of carbonyl (C=O) groups is 1. The molecule has 0 saturated heterocycles. The minimum atomic E-state index is -4.13. The molecule has 0 aliphatic carbocycles. The number of carbonyl (C=O) groups excluding carboxylic acids is 1. The van der Waals surface area contributed by atoms with E-state index in [2.05, 4.69) is 10.1 Å². The van der Waals surface area contributed by atoms with Crippen molar-refractivity contribution in [1.82, 2.24) is 14.8 Å². The summed E-state index contributed by atoms with van der Waals surface area (Å²) in [5, 5.41) is 20.1. The van der Waals surface area contributed by atoms with Crippen LogP contribution in [0.4, 0.5) is 14.9 Å². The molecule has 0 amide bonds. The lowest BCUT2D eigenvalue weighted by Gasteiger charge is -2.10. The van der Waals surface area contributed by atoms with E-state index in [1.807, 2.05) is 32.0 Å². The number of non-ortho nitro benzene ring substituents is 1. The Morgan fingerprint density at radius 3 is 2.46 bits per heavy atom. The number of nitrogens with zero attached hydrogens (tertiary/aromatic N) is 4. The Kier molecular flexibility index (Phi) is 7.69. The number of aromatic nitrogens is 3. The molecule has 202 valence electrons. The molecule has 1 aromatic heterocycles. The summed E-state index contributed by atoms with van der Waals surface area (Å²) >= 11 is 0. The monoisotopic (exact) mass is 555 g/mol. The maximum absolute atomic E-state index is 15.0. The number of nitrogens with two attached hydrogens (primary N) is 1. The zero-order valence-corrected chi connectivity index (χ0v) is 21.5. The number of aryl methyl sites for hydroxylation is 2. The van der Waals surface area contributed by atoms with E-state index in [0.717, 1.165) is 28.8 Å². The minimum Gasteiger partial charge on any atom is -0.426 e. The number of benzene rings is 3. The first-order valence-electron chi connectivity index (χ1n) is 11.3. The Morgan fingerprint density at radius 2 is 1.82 bits per heavy atom. The van der Waals surface area contributed by atoms with E-state index < -0.39 is 38.4 Å². The molecule has 4 rings (SSSR count). The predicted molar refractivity (Wildman–Crippen MR) is 135 cm³/mol. The summed E-state index contributed by atoms with van der Waals surface area (Å²) < 4.78 is 49.6. The third-order valence-corrected chi connectivity index (χ3v) is 6.53. The molecule has 0 bridgehead atoms. The summed E-state index contributed by atoms with van der Waals surface area (Å²) in [6.07, 6.45) is -0.871. The molecule has 12 nitrogen and oxygen atoms in total. The maximum atomic E-state index is 15.0. The number of nitro benzene ring substituents is 1. The van der Waals surface area contributed by atoms with Crippen LogP contribution in [-0.2, 0) is 27.8 Å². The van der Waals surface area contributed by atoms with Crippen molar-refractivity contribution in [3.8, 4) is 11.4 Å². The molecule has 0 fully saturated rings. The molecule has 0 spiro atoms. The zero-order chi connectivity index (χ0) is 28.3. The zero-order valence-electron chi connectivity index (χ0n) is 20.7. The predicted octanol–water partition coefficient (Wildman–Crippen LogP) is 3.89. The second-order valence-electron chi connectivity index (χ2n) is 8.51. The highest BCUT2D eigenvalue weighted by atomic mass is 32.2. The molecular formula is C25H22FN5O7S. The van der Waals surface area contributed by atoms with E-state index in [1.54, 1.807) is 0 Å². The van der Waals surface area contributed by atoms with Gasteiger partial charge in [-0.05, 0) is 55.3 Å². The highest BCUT2D eigenvalue weighted by Crippen LogP contribution is 2.22. The number of sulfonamides is 1. The molecule has 14 heteroatoms. The van der Waals surface area contributed by atoms with Gasteiger partial charge in [0, 0.05) is 18.6 Å². The Bertz CT molecular complexity index is 1670. The van der Waals surface area contributed by atoms with Gasteiger partial charge in [0.1, 0.15) is 23.1 Å². The first-order chi connectivity index (χ1) is 18.4. The molecule has 0 unspecified atom stereocenters. The van der Waals surface area contributed by atoms with E-state index >= 15 is 4.39 Å². The van der Waals surface area contributed by atoms with Crippen LogP contribution in [0.5, 0.6) is 5.75 Å². The normalized spacial score (nSPS) is 11.3. The van der Waals surface area contributed by atoms with Gasteiger partial charge in [0.2, 0.25) is 10.0 Å². The average Bonchev–Trinajstić information content (AvgIpc) is 3.27. The van der Waals surface area contributed by atoms with E-state index in [0.29, 0.717) is 5.82 Å². The average molecular weight is 556 g/mol. The topological polar surface area (TPSA) is 170 Å². The fraction of sp³-hybridized carbons (Fsp3) is 0.160. The van der Waals surface area contributed by atoms with E-state index in [-0.39, 0.29) is 29.4 Å². The number of halogens is 1. The molecule has 3 aromatic carbocycles. The van der Waals surface area contributed by atoms with Crippen molar-refractivity contribution >= 4 is 21.9 Å². The number of hydrogen-bond donors (Lipinski definition) is 1. The van der Waals surface area contributed by atoms with Crippen molar-refractivity contribution in [1.29, 1.82) is 0 Å². The summed E-state index contributed by atoms with van der Waals surface area (Å²) in [6.45, 7) is 3.40. The van der Waals surface area contributed by atoms with E-state index in [1.165, 1.54) is 35.0 Å². The molecule has 0 aliphatic heterocycles. The highest BCUT2D eigenvalue weighted by molar-refractivity contribution is 7.89. The van der Waals surface area contributed by atoms with Gasteiger partial charge >= 0.3 is 6.16 Å². The van der Waals surface area contributed by atoms with E-state index in [9.17, 15) is 23.3 Å². The van der Waals surface area contributed by atoms with E-state index in [4.69, 9.17) is 14.6 Å². The van der Waals surface area contributed by atoms with Gasteiger partial charge in [0.25, 0.3) is 5.69 Å². The van der Waals surface area contributed by atoms with Crippen LogP contribution in [0.2, 0.25) is 0 Å². The van der Waals surface area contributed by atoms with Crippen molar-refractivity contribution < 1.29 is 32.0 Å². The number of primary sulfonamides is 1. The van der Waals surface area contributed by atoms with Gasteiger partial charge in [-0.15, -0.1) is 5.10 Å². The summed E-state index contributed by atoms with van der Waals surface area (Å²) in [5.41, 5.74) is 2.60. The minimum absolute atomic E-state index is 0.0193. The molecule has 39 heavy (non-hydrogen) atoms. The number of hydrogen-bond acceptors (Lipinski definition) is 9. The number of nitro groups is 1. The quantitative estimate of drug-likeness (QED) is 0.147. The smallest absolute Gasteiger partial charge is 0.426 e. The maximum Gasteiger partial charge on any atom is 0.514 e. The summed E-state index contributed by atoms with van der Waals surface area (Å²) in [5.74, 6) is -0.561. The standard InChI is InChI=1S/C25H22FN5O7S/c1-15-3-4-16(2)17(11-15)12-24-28-23(14-37-25(32)38-19-7-5-18(6-8-19)31(33)34)29-30(24)22-10-9-20(13-21(22)26)39(27,35)36/h3-11,13H,12,14H2,1-2H3,(H2,27,35,36). The van der Waals surface area contributed by atoms with Crippen molar-refractivity contribution in [3.63, 3.8) is 0 Å². The van der Waals surface area contributed by atoms with Crippen LogP contribution in [-0.4, -0.2) is 34.3 Å². The van der Waals surface area contributed by atoms with Gasteiger partial charge in [-0.25, -0.2) is 32.4 Å². The third kappa shape index (κ3) is 6.61. The first kappa shape index (κ1) is 27.3. The van der Waals surface area contributed by atoms with Gasteiger partial charge in [-0.3, -0.25) is 10.1 Å². The van der Waals surface area contributed by atoms with Gasteiger partial charge in [-0.1, -0.05) is 23.8 Å². The van der Waals surface area contributed by atoms with Crippen LogP contribution in [0, 0.1) is 29.8 Å². The molecule has 1 heterocycles. The van der Waals surface area contributed by atoms with Crippen LogP contribution in [0.25, 0.3) is 5.69 Å². The Morgan fingerprint density at radius 1 is 1.10 bits per heavy atom. The van der Waals surface area contributed by atoms with Crippen LogP contribution < -0.4 is 9.88 Å². The molecule has 4 aromatic rings. The van der Waals surface area contributed by atoms with Gasteiger partial charge < -0.3 is 9.47 Å². The highest BCUT2D eigenvalue weighted by Gasteiger charge is 2.20. The van der Waals surface area contributed by atoms with Crippen molar-refractivity contribution in [2.75, 3.05) is 0 Å². The fourth-order valence-corrected chi connectivity index (χ4v) is 4.17. The molecule has 0 radical (unpaired) electrons. The number of rotatable bonds is 8. The molecular weight excluding hydrogens is 533 g/mol. The number of ether oxygens (including phenoxy) is 2. The van der Waals surface area contributed by atoms with Crippen LogP contribution in [0.1, 0.15) is 28.3 Å². The second-order valence-corrected chi connectivity index (χ2v) is 10.1. The third-order valence-electron chi connectivity index (χ3n) is 5.61.